The molecule has 0 radical (unpaired) electrons. The highest BCUT2D eigenvalue weighted by Crippen LogP contribution is 1.96. The quantitative estimate of drug-likeness (QED) is 0.474. The second-order valence-electron chi connectivity index (χ2n) is 2.74. The van der Waals surface area contributed by atoms with Crippen molar-refractivity contribution in [1.82, 2.24) is 5.32 Å². The zero-order chi connectivity index (χ0) is 9.40. The minimum atomic E-state index is -0.289. The Bertz CT molecular complexity index is 142. The lowest BCUT2D eigenvalue weighted by Crippen LogP contribution is -2.36. The highest BCUT2D eigenvalue weighted by atomic mass is 32.2. The number of rotatable bonds is 6. The number of hydrogen-bond donors (Lipinski definition) is 2. The predicted octanol–water partition coefficient (Wildman–Crippen LogP) is 0.712. The van der Waals surface area contributed by atoms with E-state index in [1.54, 1.807) is 18.7 Å². The summed E-state index contributed by atoms with van der Waals surface area (Å²) in [7, 11) is 0. The van der Waals surface area contributed by atoms with Gasteiger partial charge in [0.15, 0.2) is 0 Å². The van der Waals surface area contributed by atoms with E-state index < -0.39 is 0 Å². The summed E-state index contributed by atoms with van der Waals surface area (Å²) in [6.07, 6.45) is 4.80. The maximum Gasteiger partial charge on any atom is 0.0662 e. The fourth-order valence-corrected chi connectivity index (χ4v) is 1.18. The molecule has 70 valence electrons. The molecule has 0 spiro atoms. The second-order valence-corrected chi connectivity index (χ2v) is 3.85. The van der Waals surface area contributed by atoms with Crippen LogP contribution in [0.1, 0.15) is 13.8 Å². The Morgan fingerprint density at radius 3 is 2.75 bits per heavy atom. The Balaban J connectivity index is 3.15. The molecule has 0 aromatic rings. The Hall–Kier alpha value is -0.170. The highest BCUT2D eigenvalue weighted by Gasteiger charge is 2.05. The van der Waals surface area contributed by atoms with Crippen molar-refractivity contribution >= 4 is 11.8 Å². The summed E-state index contributed by atoms with van der Waals surface area (Å²) < 4.78 is 0. The van der Waals surface area contributed by atoms with Gasteiger partial charge in [-0.15, -0.1) is 18.2 Å². The lowest BCUT2D eigenvalue weighted by atomic mass is 10.2. The minimum Gasteiger partial charge on any atom is -0.392 e. The van der Waals surface area contributed by atoms with E-state index in [2.05, 4.69) is 11.2 Å². The predicted molar refractivity (Wildman–Crippen MR) is 55.3 cm³/mol. The molecule has 0 heterocycles. The van der Waals surface area contributed by atoms with Gasteiger partial charge >= 0.3 is 0 Å². The van der Waals surface area contributed by atoms with Crippen LogP contribution in [0.25, 0.3) is 0 Å². The van der Waals surface area contributed by atoms with Gasteiger partial charge in [-0.3, -0.25) is 0 Å². The van der Waals surface area contributed by atoms with Crippen molar-refractivity contribution in [2.24, 2.45) is 0 Å². The topological polar surface area (TPSA) is 32.3 Å². The number of hydrogen-bond acceptors (Lipinski definition) is 3. The molecule has 0 fully saturated rings. The Kier molecular flexibility index (Phi) is 7.37. The van der Waals surface area contributed by atoms with E-state index in [1.165, 1.54) is 0 Å². The normalized spacial score (nSPS) is 15.2. The third kappa shape index (κ3) is 6.53. The highest BCUT2D eigenvalue weighted by molar-refractivity contribution is 7.99. The van der Waals surface area contributed by atoms with Gasteiger partial charge in [0.1, 0.15) is 0 Å². The van der Waals surface area contributed by atoms with Gasteiger partial charge in [-0.05, 0) is 13.8 Å². The summed E-state index contributed by atoms with van der Waals surface area (Å²) >= 11 is 1.73. The molecule has 0 amide bonds. The van der Waals surface area contributed by atoms with E-state index in [0.29, 0.717) is 0 Å². The second kappa shape index (κ2) is 7.48. The summed E-state index contributed by atoms with van der Waals surface area (Å²) in [6.45, 7) is 4.65. The lowest BCUT2D eigenvalue weighted by Gasteiger charge is -2.15. The van der Waals surface area contributed by atoms with Crippen molar-refractivity contribution in [3.8, 4) is 12.3 Å². The maximum absolute atomic E-state index is 9.12. The van der Waals surface area contributed by atoms with Crippen LogP contribution in [0.15, 0.2) is 0 Å². The van der Waals surface area contributed by atoms with Gasteiger partial charge in [0.2, 0.25) is 0 Å². The molecular weight excluding hydrogens is 170 g/mol. The SMILES string of the molecule is C#CCSCCNC(C)C(C)O. The molecule has 0 saturated carbocycles. The smallest absolute Gasteiger partial charge is 0.0662 e. The van der Waals surface area contributed by atoms with E-state index in [0.717, 1.165) is 18.1 Å². The molecule has 0 rings (SSSR count). The van der Waals surface area contributed by atoms with Gasteiger partial charge in [0, 0.05) is 18.3 Å². The summed E-state index contributed by atoms with van der Waals surface area (Å²) in [4.78, 5) is 0. The zero-order valence-corrected chi connectivity index (χ0v) is 8.53. The molecule has 2 atom stereocenters. The van der Waals surface area contributed by atoms with Crippen molar-refractivity contribution in [3.63, 3.8) is 0 Å². The number of nitrogens with one attached hydrogen (secondary N) is 1. The molecule has 0 bridgehead atoms. The monoisotopic (exact) mass is 187 g/mol. The zero-order valence-electron chi connectivity index (χ0n) is 7.71. The van der Waals surface area contributed by atoms with Crippen LogP contribution in [-0.2, 0) is 0 Å². The Morgan fingerprint density at radius 2 is 2.25 bits per heavy atom. The van der Waals surface area contributed by atoms with Gasteiger partial charge in [0.25, 0.3) is 0 Å². The van der Waals surface area contributed by atoms with Crippen LogP contribution in [0.5, 0.6) is 0 Å². The standard InChI is InChI=1S/C9H17NOS/c1-4-6-12-7-5-10-8(2)9(3)11/h1,8-11H,5-7H2,2-3H3. The summed E-state index contributed by atoms with van der Waals surface area (Å²) in [5.74, 6) is 4.33. The number of aliphatic hydroxyl groups excluding tert-OH is 1. The van der Waals surface area contributed by atoms with E-state index in [9.17, 15) is 0 Å². The molecule has 0 saturated heterocycles. The molecule has 2 N–H and O–H groups in total. The summed E-state index contributed by atoms with van der Waals surface area (Å²) in [6, 6.07) is 0.163. The van der Waals surface area contributed by atoms with E-state index in [1.807, 2.05) is 6.92 Å². The minimum absolute atomic E-state index is 0.163. The van der Waals surface area contributed by atoms with Crippen LogP contribution in [0.4, 0.5) is 0 Å². The first-order valence-corrected chi connectivity index (χ1v) is 5.26. The first kappa shape index (κ1) is 11.8. The van der Waals surface area contributed by atoms with Crippen molar-refractivity contribution in [3.05, 3.63) is 0 Å². The van der Waals surface area contributed by atoms with Gasteiger partial charge in [-0.25, -0.2) is 0 Å². The number of aliphatic hydroxyl groups is 1. The Labute approximate surface area is 79.1 Å². The van der Waals surface area contributed by atoms with Crippen molar-refractivity contribution in [1.29, 1.82) is 0 Å². The van der Waals surface area contributed by atoms with Gasteiger partial charge < -0.3 is 10.4 Å². The van der Waals surface area contributed by atoms with E-state index in [4.69, 9.17) is 11.5 Å². The van der Waals surface area contributed by atoms with Gasteiger partial charge in [-0.2, -0.15) is 0 Å². The molecule has 2 nitrogen and oxygen atoms in total. The van der Waals surface area contributed by atoms with Crippen LogP contribution in [0.2, 0.25) is 0 Å². The van der Waals surface area contributed by atoms with Crippen LogP contribution < -0.4 is 5.32 Å². The molecule has 3 heteroatoms. The molecule has 0 aliphatic rings. The van der Waals surface area contributed by atoms with Gasteiger partial charge in [0.05, 0.1) is 11.9 Å². The van der Waals surface area contributed by atoms with Crippen molar-refractivity contribution < 1.29 is 5.11 Å². The fourth-order valence-electron chi connectivity index (χ4n) is 0.660. The third-order valence-electron chi connectivity index (χ3n) is 1.62. The number of thioether (sulfide) groups is 1. The van der Waals surface area contributed by atoms with Crippen LogP contribution in [0, 0.1) is 12.3 Å². The first-order valence-electron chi connectivity index (χ1n) is 4.11. The molecular formula is C9H17NOS. The molecule has 12 heavy (non-hydrogen) atoms. The molecule has 0 aliphatic heterocycles. The Morgan fingerprint density at radius 1 is 1.58 bits per heavy atom. The fraction of sp³-hybridized carbons (Fsp3) is 0.778. The lowest BCUT2D eigenvalue weighted by molar-refractivity contribution is 0.154. The van der Waals surface area contributed by atoms with E-state index >= 15 is 0 Å². The molecule has 2 unspecified atom stereocenters. The van der Waals surface area contributed by atoms with E-state index in [-0.39, 0.29) is 12.1 Å². The van der Waals surface area contributed by atoms with Crippen molar-refractivity contribution in [2.75, 3.05) is 18.1 Å². The summed E-state index contributed by atoms with van der Waals surface area (Å²) in [5, 5.41) is 12.3. The van der Waals surface area contributed by atoms with Crippen molar-refractivity contribution in [2.45, 2.75) is 26.0 Å². The maximum atomic E-state index is 9.12. The van der Waals surface area contributed by atoms with Gasteiger partial charge in [-0.1, -0.05) is 5.92 Å². The van der Waals surface area contributed by atoms with Crippen LogP contribution in [-0.4, -0.2) is 35.3 Å². The average Bonchev–Trinajstić information content (AvgIpc) is 2.03. The molecule has 0 aromatic heterocycles. The summed E-state index contributed by atoms with van der Waals surface area (Å²) in [5.41, 5.74) is 0. The third-order valence-corrected chi connectivity index (χ3v) is 2.49. The van der Waals surface area contributed by atoms with Crippen LogP contribution in [0.3, 0.4) is 0 Å². The average molecular weight is 187 g/mol. The number of terminal acetylenes is 1. The van der Waals surface area contributed by atoms with Crippen LogP contribution >= 0.6 is 11.8 Å². The first-order chi connectivity index (χ1) is 5.68. The molecule has 0 aromatic carbocycles. The largest absolute Gasteiger partial charge is 0.392 e. The molecule has 0 aliphatic carbocycles.